The first-order chi connectivity index (χ1) is 7.20. The monoisotopic (exact) mass is 207 g/mol. The van der Waals surface area contributed by atoms with Crippen LogP contribution in [0.4, 0.5) is 0 Å². The van der Waals surface area contributed by atoms with Gasteiger partial charge in [-0.3, -0.25) is 4.79 Å². The van der Waals surface area contributed by atoms with Gasteiger partial charge in [0.15, 0.2) is 5.84 Å². The molecule has 0 saturated carbocycles. The molecule has 5 heteroatoms. The van der Waals surface area contributed by atoms with E-state index >= 15 is 0 Å². The summed E-state index contributed by atoms with van der Waals surface area (Å²) in [5.41, 5.74) is 6.15. The molecule has 0 spiro atoms. The molecule has 0 aromatic heterocycles. The fourth-order valence-electron chi connectivity index (χ4n) is 1.30. The molecule has 1 unspecified atom stereocenters. The van der Waals surface area contributed by atoms with Crippen LogP contribution in [0.2, 0.25) is 0 Å². The minimum atomic E-state index is -0.749. The molecule has 1 aromatic carbocycles. The van der Waals surface area contributed by atoms with Gasteiger partial charge in [0.25, 0.3) is 0 Å². The lowest BCUT2D eigenvalue weighted by atomic mass is 9.97. The highest BCUT2D eigenvalue weighted by Crippen LogP contribution is 2.15. The zero-order valence-corrected chi connectivity index (χ0v) is 8.34. The van der Waals surface area contributed by atoms with E-state index in [9.17, 15) is 4.79 Å². The summed E-state index contributed by atoms with van der Waals surface area (Å²) in [6, 6.07) is 8.90. The minimum Gasteiger partial charge on any atom is -0.409 e. The summed E-state index contributed by atoms with van der Waals surface area (Å²) in [6.45, 7) is 0. The fraction of sp³-hybridized carbons (Fsp3) is 0.200. The van der Waals surface area contributed by atoms with Crippen molar-refractivity contribution in [2.24, 2.45) is 10.9 Å². The molecule has 1 amide bonds. The van der Waals surface area contributed by atoms with Gasteiger partial charge in [-0.2, -0.15) is 0 Å². The van der Waals surface area contributed by atoms with Crippen LogP contribution in [-0.4, -0.2) is 24.0 Å². The molecule has 0 heterocycles. The molecule has 1 atom stereocenters. The number of oxime groups is 1. The number of likely N-dealkylation sites (N-methyl/N-ethyl adjacent to an activating group) is 1. The topological polar surface area (TPSA) is 87.7 Å². The van der Waals surface area contributed by atoms with E-state index in [1.165, 1.54) is 7.05 Å². The average molecular weight is 207 g/mol. The van der Waals surface area contributed by atoms with Crippen molar-refractivity contribution < 1.29 is 10.0 Å². The van der Waals surface area contributed by atoms with Crippen molar-refractivity contribution in [1.29, 1.82) is 0 Å². The molecular weight excluding hydrogens is 194 g/mol. The van der Waals surface area contributed by atoms with Crippen molar-refractivity contribution in [3.63, 3.8) is 0 Å². The molecule has 0 saturated heterocycles. The number of carbonyl (C=O) groups excluding carboxylic acids is 1. The smallest absolute Gasteiger partial charge is 0.235 e. The van der Waals surface area contributed by atoms with Gasteiger partial charge in [-0.25, -0.2) is 0 Å². The van der Waals surface area contributed by atoms with E-state index in [1.54, 1.807) is 24.3 Å². The molecule has 0 aliphatic carbocycles. The Morgan fingerprint density at radius 1 is 1.47 bits per heavy atom. The average Bonchev–Trinajstić information content (AvgIpc) is 2.30. The quantitative estimate of drug-likeness (QED) is 0.287. The molecule has 0 radical (unpaired) electrons. The molecule has 15 heavy (non-hydrogen) atoms. The number of benzene rings is 1. The van der Waals surface area contributed by atoms with E-state index in [4.69, 9.17) is 10.9 Å². The van der Waals surface area contributed by atoms with Gasteiger partial charge in [-0.1, -0.05) is 35.5 Å². The van der Waals surface area contributed by atoms with E-state index in [0.29, 0.717) is 5.56 Å². The van der Waals surface area contributed by atoms with E-state index in [2.05, 4.69) is 10.5 Å². The Morgan fingerprint density at radius 2 is 2.07 bits per heavy atom. The number of amidine groups is 1. The Labute approximate surface area is 87.6 Å². The van der Waals surface area contributed by atoms with Crippen LogP contribution in [0.15, 0.2) is 35.5 Å². The first kappa shape index (κ1) is 11.0. The summed E-state index contributed by atoms with van der Waals surface area (Å²) in [5, 5.41) is 13.9. The maximum Gasteiger partial charge on any atom is 0.235 e. The van der Waals surface area contributed by atoms with Gasteiger partial charge in [0.2, 0.25) is 5.91 Å². The molecule has 80 valence electrons. The number of nitrogens with one attached hydrogen (secondary N) is 1. The Balaban J connectivity index is 3.08. The van der Waals surface area contributed by atoms with Crippen LogP contribution in [0.1, 0.15) is 11.5 Å². The maximum absolute atomic E-state index is 11.5. The summed E-state index contributed by atoms with van der Waals surface area (Å²) < 4.78 is 0. The number of hydrogen-bond donors (Lipinski definition) is 3. The number of hydrogen-bond acceptors (Lipinski definition) is 3. The SMILES string of the molecule is CNC(=O)C(C(N)=NO)c1ccccc1. The summed E-state index contributed by atoms with van der Waals surface area (Å²) in [4.78, 5) is 11.5. The highest BCUT2D eigenvalue weighted by atomic mass is 16.4. The van der Waals surface area contributed by atoms with Crippen LogP contribution in [-0.2, 0) is 4.79 Å². The van der Waals surface area contributed by atoms with Crippen LogP contribution in [0.3, 0.4) is 0 Å². The lowest BCUT2D eigenvalue weighted by Crippen LogP contribution is -2.35. The highest BCUT2D eigenvalue weighted by molar-refractivity contribution is 6.07. The van der Waals surface area contributed by atoms with E-state index in [1.807, 2.05) is 6.07 Å². The van der Waals surface area contributed by atoms with Crippen LogP contribution < -0.4 is 11.1 Å². The second-order valence-electron chi connectivity index (χ2n) is 2.98. The van der Waals surface area contributed by atoms with E-state index < -0.39 is 5.92 Å². The second-order valence-corrected chi connectivity index (χ2v) is 2.98. The highest BCUT2D eigenvalue weighted by Gasteiger charge is 2.23. The van der Waals surface area contributed by atoms with E-state index in [0.717, 1.165) is 0 Å². The van der Waals surface area contributed by atoms with Gasteiger partial charge in [-0.05, 0) is 5.56 Å². The maximum atomic E-state index is 11.5. The first-order valence-electron chi connectivity index (χ1n) is 4.44. The molecule has 1 aromatic rings. The van der Waals surface area contributed by atoms with E-state index in [-0.39, 0.29) is 11.7 Å². The van der Waals surface area contributed by atoms with Crippen molar-refractivity contribution in [3.05, 3.63) is 35.9 Å². The van der Waals surface area contributed by atoms with Gasteiger partial charge >= 0.3 is 0 Å². The van der Waals surface area contributed by atoms with Crippen LogP contribution in [0, 0.1) is 0 Å². The second kappa shape index (κ2) is 4.99. The summed E-state index contributed by atoms with van der Waals surface area (Å²) in [5.74, 6) is -1.18. The van der Waals surface area contributed by atoms with Crippen LogP contribution in [0.5, 0.6) is 0 Å². The van der Waals surface area contributed by atoms with Gasteiger partial charge in [0.05, 0.1) is 0 Å². The lowest BCUT2D eigenvalue weighted by molar-refractivity contribution is -0.120. The van der Waals surface area contributed by atoms with Crippen LogP contribution in [0.25, 0.3) is 0 Å². The lowest BCUT2D eigenvalue weighted by Gasteiger charge is -2.13. The Bertz CT molecular complexity index is 362. The Kier molecular flexibility index (Phi) is 3.68. The van der Waals surface area contributed by atoms with Crippen molar-refractivity contribution in [2.45, 2.75) is 5.92 Å². The Morgan fingerprint density at radius 3 is 2.53 bits per heavy atom. The van der Waals surface area contributed by atoms with Crippen molar-refractivity contribution in [2.75, 3.05) is 7.05 Å². The summed E-state index contributed by atoms with van der Waals surface area (Å²) in [6.07, 6.45) is 0. The molecule has 0 fully saturated rings. The minimum absolute atomic E-state index is 0.124. The number of carbonyl (C=O) groups is 1. The van der Waals surface area contributed by atoms with Gasteiger partial charge in [0, 0.05) is 7.05 Å². The zero-order valence-electron chi connectivity index (χ0n) is 8.34. The fourth-order valence-corrected chi connectivity index (χ4v) is 1.30. The van der Waals surface area contributed by atoms with Crippen molar-refractivity contribution in [1.82, 2.24) is 5.32 Å². The van der Waals surface area contributed by atoms with Gasteiger partial charge in [0.1, 0.15) is 5.92 Å². The third kappa shape index (κ3) is 2.46. The van der Waals surface area contributed by atoms with Crippen molar-refractivity contribution >= 4 is 11.7 Å². The number of nitrogens with two attached hydrogens (primary N) is 1. The molecule has 0 bridgehead atoms. The predicted octanol–water partition coefficient (Wildman–Crippen LogP) is 0.263. The summed E-state index contributed by atoms with van der Waals surface area (Å²) >= 11 is 0. The molecule has 5 nitrogen and oxygen atoms in total. The molecule has 0 aliphatic rings. The van der Waals surface area contributed by atoms with Crippen LogP contribution >= 0.6 is 0 Å². The summed E-state index contributed by atoms with van der Waals surface area (Å²) in [7, 11) is 1.50. The van der Waals surface area contributed by atoms with Crippen molar-refractivity contribution in [3.8, 4) is 0 Å². The standard InChI is InChI=1S/C10H13N3O2/c1-12-10(14)8(9(11)13-15)7-5-3-2-4-6-7/h2-6,8,15H,1H3,(H2,11,13)(H,12,14). The molecule has 1 rings (SSSR count). The molecular formula is C10H13N3O2. The molecule has 0 aliphatic heterocycles. The van der Waals surface area contributed by atoms with Gasteiger partial charge in [-0.15, -0.1) is 0 Å². The molecule has 4 N–H and O–H groups in total. The number of rotatable bonds is 3. The number of amides is 1. The third-order valence-electron chi connectivity index (χ3n) is 2.05. The zero-order chi connectivity index (χ0) is 11.3. The third-order valence-corrected chi connectivity index (χ3v) is 2.05. The number of nitrogens with zero attached hydrogens (tertiary/aromatic N) is 1. The normalized spacial score (nSPS) is 13.3. The van der Waals surface area contributed by atoms with Gasteiger partial charge < -0.3 is 16.3 Å². The Hall–Kier alpha value is -2.04. The first-order valence-corrected chi connectivity index (χ1v) is 4.44. The predicted molar refractivity (Wildman–Crippen MR) is 56.7 cm³/mol. The largest absolute Gasteiger partial charge is 0.409 e.